The molecule has 0 rings (SSSR count). The molecule has 2 atom stereocenters. The molecular formula is C10H20N2O5S2. The van der Waals surface area contributed by atoms with Crippen LogP contribution in [0.2, 0.25) is 0 Å². The number of thioether (sulfide) groups is 1. The SMILES string of the molecule is CCS(=O)(=O)NC(CCSC)C(=O)N[C@H](C)C(=O)O. The fraction of sp³-hybridized carbons (Fsp3) is 0.800. The molecule has 0 aromatic carbocycles. The molecule has 7 nitrogen and oxygen atoms in total. The van der Waals surface area contributed by atoms with E-state index < -0.39 is 34.0 Å². The molecule has 0 aliphatic carbocycles. The Balaban J connectivity index is 4.74. The number of carboxylic acid groups (broad SMARTS) is 1. The first-order valence-electron chi connectivity index (χ1n) is 5.75. The van der Waals surface area contributed by atoms with Gasteiger partial charge in [0, 0.05) is 0 Å². The van der Waals surface area contributed by atoms with Crippen molar-refractivity contribution in [3.8, 4) is 0 Å². The smallest absolute Gasteiger partial charge is 0.325 e. The zero-order valence-electron chi connectivity index (χ0n) is 11.2. The third-order valence-electron chi connectivity index (χ3n) is 2.36. The third-order valence-corrected chi connectivity index (χ3v) is 4.41. The highest BCUT2D eigenvalue weighted by atomic mass is 32.2. The number of amides is 1. The largest absolute Gasteiger partial charge is 0.480 e. The molecule has 19 heavy (non-hydrogen) atoms. The van der Waals surface area contributed by atoms with Crippen LogP contribution in [0.1, 0.15) is 20.3 Å². The van der Waals surface area contributed by atoms with E-state index in [4.69, 9.17) is 5.11 Å². The maximum atomic E-state index is 11.8. The van der Waals surface area contributed by atoms with Crippen molar-refractivity contribution in [2.45, 2.75) is 32.4 Å². The first kappa shape index (κ1) is 18.2. The average molecular weight is 312 g/mol. The van der Waals surface area contributed by atoms with E-state index in [1.807, 2.05) is 6.26 Å². The van der Waals surface area contributed by atoms with Gasteiger partial charge in [0.2, 0.25) is 15.9 Å². The van der Waals surface area contributed by atoms with E-state index in [1.54, 1.807) is 0 Å². The van der Waals surface area contributed by atoms with Crippen LogP contribution in [0, 0.1) is 0 Å². The van der Waals surface area contributed by atoms with Crippen LogP contribution < -0.4 is 10.0 Å². The fourth-order valence-corrected chi connectivity index (χ4v) is 2.45. The number of rotatable bonds is 9. The first-order chi connectivity index (χ1) is 8.73. The van der Waals surface area contributed by atoms with Gasteiger partial charge in [-0.3, -0.25) is 9.59 Å². The second kappa shape index (κ2) is 8.39. The van der Waals surface area contributed by atoms with Crippen LogP contribution in [-0.4, -0.2) is 55.2 Å². The van der Waals surface area contributed by atoms with Gasteiger partial charge in [-0.25, -0.2) is 13.1 Å². The van der Waals surface area contributed by atoms with Crippen molar-refractivity contribution in [2.75, 3.05) is 17.8 Å². The van der Waals surface area contributed by atoms with Gasteiger partial charge in [-0.05, 0) is 32.3 Å². The number of carbonyl (C=O) groups excluding carboxylic acids is 1. The fourth-order valence-electron chi connectivity index (χ4n) is 1.16. The molecule has 0 bridgehead atoms. The molecule has 0 aromatic heterocycles. The Bertz CT molecular complexity index is 410. The second-order valence-corrected chi connectivity index (χ2v) is 6.95. The van der Waals surface area contributed by atoms with Crippen molar-refractivity contribution in [3.05, 3.63) is 0 Å². The van der Waals surface area contributed by atoms with Crippen molar-refractivity contribution >= 4 is 33.7 Å². The molecule has 9 heteroatoms. The lowest BCUT2D eigenvalue weighted by molar-refractivity contribution is -0.141. The first-order valence-corrected chi connectivity index (χ1v) is 8.80. The molecule has 112 valence electrons. The van der Waals surface area contributed by atoms with Crippen LogP contribution in [0.5, 0.6) is 0 Å². The normalized spacial score (nSPS) is 14.7. The molecule has 0 radical (unpaired) electrons. The Kier molecular flexibility index (Phi) is 8.03. The Labute approximate surface area is 117 Å². The Morgan fingerprint density at radius 2 is 1.95 bits per heavy atom. The molecule has 0 fully saturated rings. The van der Waals surface area contributed by atoms with Crippen molar-refractivity contribution in [1.82, 2.24) is 10.0 Å². The summed E-state index contributed by atoms with van der Waals surface area (Å²) in [6.45, 7) is 2.78. The predicted molar refractivity (Wildman–Crippen MR) is 74.6 cm³/mol. The van der Waals surface area contributed by atoms with Crippen molar-refractivity contribution < 1.29 is 23.1 Å². The number of aliphatic carboxylic acids is 1. The summed E-state index contributed by atoms with van der Waals surface area (Å²) in [5.74, 6) is -1.34. The van der Waals surface area contributed by atoms with Gasteiger partial charge in [-0.15, -0.1) is 0 Å². The summed E-state index contributed by atoms with van der Waals surface area (Å²) in [5, 5.41) is 11.0. The summed E-state index contributed by atoms with van der Waals surface area (Å²) >= 11 is 1.48. The van der Waals surface area contributed by atoms with E-state index in [2.05, 4.69) is 10.0 Å². The van der Waals surface area contributed by atoms with Crippen LogP contribution in [0.3, 0.4) is 0 Å². The lowest BCUT2D eigenvalue weighted by Crippen LogP contribution is -2.51. The third kappa shape index (κ3) is 7.38. The van der Waals surface area contributed by atoms with Crippen LogP contribution in [0.15, 0.2) is 0 Å². The molecular weight excluding hydrogens is 292 g/mol. The maximum absolute atomic E-state index is 11.8. The monoisotopic (exact) mass is 312 g/mol. The molecule has 0 aromatic rings. The van der Waals surface area contributed by atoms with Crippen LogP contribution in [0.4, 0.5) is 0 Å². The van der Waals surface area contributed by atoms with E-state index in [-0.39, 0.29) is 5.75 Å². The molecule has 0 heterocycles. The van der Waals surface area contributed by atoms with Crippen LogP contribution in [0.25, 0.3) is 0 Å². The van der Waals surface area contributed by atoms with Gasteiger partial charge in [0.1, 0.15) is 12.1 Å². The molecule has 0 aliphatic rings. The number of hydrogen-bond donors (Lipinski definition) is 3. The van der Waals surface area contributed by atoms with Gasteiger partial charge in [-0.2, -0.15) is 11.8 Å². The number of sulfonamides is 1. The van der Waals surface area contributed by atoms with E-state index in [1.165, 1.54) is 25.6 Å². The number of hydrogen-bond acceptors (Lipinski definition) is 5. The van der Waals surface area contributed by atoms with Crippen LogP contribution in [-0.2, 0) is 19.6 Å². The molecule has 0 spiro atoms. The van der Waals surface area contributed by atoms with Gasteiger partial charge in [0.25, 0.3) is 0 Å². The van der Waals surface area contributed by atoms with Crippen molar-refractivity contribution in [3.63, 3.8) is 0 Å². The van der Waals surface area contributed by atoms with Gasteiger partial charge in [0.15, 0.2) is 0 Å². The summed E-state index contributed by atoms with van der Waals surface area (Å²) in [6, 6.07) is -2.00. The highest BCUT2D eigenvalue weighted by molar-refractivity contribution is 7.98. The minimum atomic E-state index is -3.52. The van der Waals surface area contributed by atoms with E-state index in [9.17, 15) is 18.0 Å². The molecule has 0 aliphatic heterocycles. The van der Waals surface area contributed by atoms with Gasteiger partial charge in [-0.1, -0.05) is 0 Å². The summed E-state index contributed by atoms with van der Waals surface area (Å²) in [6.07, 6.45) is 2.14. The molecule has 1 amide bonds. The summed E-state index contributed by atoms with van der Waals surface area (Å²) in [4.78, 5) is 22.5. The summed E-state index contributed by atoms with van der Waals surface area (Å²) in [5.41, 5.74) is 0. The van der Waals surface area contributed by atoms with Gasteiger partial charge >= 0.3 is 5.97 Å². The molecule has 1 unspecified atom stereocenters. The Morgan fingerprint density at radius 1 is 1.37 bits per heavy atom. The van der Waals surface area contributed by atoms with E-state index >= 15 is 0 Å². The molecule has 3 N–H and O–H groups in total. The standard InChI is InChI=1S/C10H20N2O5S2/c1-4-19(16,17)12-8(5-6-18-3)9(13)11-7(2)10(14)15/h7-8,12H,4-6H2,1-3H3,(H,11,13)(H,14,15)/t7-,8?/m1/s1. The predicted octanol–water partition coefficient (Wildman–Crippen LogP) is -0.363. The number of carbonyl (C=O) groups is 2. The zero-order valence-corrected chi connectivity index (χ0v) is 12.8. The lowest BCUT2D eigenvalue weighted by atomic mass is 10.2. The zero-order chi connectivity index (χ0) is 15.1. The van der Waals surface area contributed by atoms with E-state index in [0.717, 1.165) is 0 Å². The van der Waals surface area contributed by atoms with Crippen molar-refractivity contribution in [1.29, 1.82) is 0 Å². The van der Waals surface area contributed by atoms with Crippen molar-refractivity contribution in [2.24, 2.45) is 0 Å². The minimum Gasteiger partial charge on any atom is -0.480 e. The molecule has 0 saturated carbocycles. The Hall–Kier alpha value is -0.800. The lowest BCUT2D eigenvalue weighted by Gasteiger charge is -2.19. The highest BCUT2D eigenvalue weighted by Crippen LogP contribution is 2.03. The topological polar surface area (TPSA) is 113 Å². The average Bonchev–Trinajstić information content (AvgIpc) is 2.33. The van der Waals surface area contributed by atoms with Gasteiger partial charge < -0.3 is 10.4 Å². The minimum absolute atomic E-state index is 0.134. The quantitative estimate of drug-likeness (QED) is 0.536. The number of nitrogens with one attached hydrogen (secondary N) is 2. The highest BCUT2D eigenvalue weighted by Gasteiger charge is 2.25. The van der Waals surface area contributed by atoms with Gasteiger partial charge in [0.05, 0.1) is 5.75 Å². The molecule has 0 saturated heterocycles. The van der Waals surface area contributed by atoms with E-state index in [0.29, 0.717) is 12.2 Å². The number of carboxylic acids is 1. The maximum Gasteiger partial charge on any atom is 0.325 e. The summed E-state index contributed by atoms with van der Waals surface area (Å²) in [7, 11) is -3.52. The summed E-state index contributed by atoms with van der Waals surface area (Å²) < 4.78 is 25.2. The Morgan fingerprint density at radius 3 is 2.37 bits per heavy atom. The van der Waals surface area contributed by atoms with Crippen LogP contribution >= 0.6 is 11.8 Å². The second-order valence-electron chi connectivity index (χ2n) is 3.92.